The zero-order valence-corrected chi connectivity index (χ0v) is 19.2. The van der Waals surface area contributed by atoms with Crippen molar-refractivity contribution in [3.8, 4) is 11.8 Å². The number of halogens is 1. The van der Waals surface area contributed by atoms with Gasteiger partial charge in [0.05, 0.1) is 30.3 Å². The van der Waals surface area contributed by atoms with Crippen molar-refractivity contribution in [1.29, 1.82) is 5.26 Å². The molecule has 172 valence electrons. The fraction of sp³-hybridized carbons (Fsp3) is 0.192. The molecule has 1 amide bonds. The molecule has 0 spiro atoms. The Balaban J connectivity index is 1.54. The molecular weight excluding hydrogens is 452 g/mol. The minimum Gasteiger partial charge on any atom is -0.487 e. The molecule has 0 unspecified atom stereocenters. The molecule has 0 bridgehead atoms. The predicted molar refractivity (Wildman–Crippen MR) is 132 cm³/mol. The van der Waals surface area contributed by atoms with Gasteiger partial charge in [0.2, 0.25) is 0 Å². The highest BCUT2D eigenvalue weighted by atomic mass is 35.5. The molecule has 0 radical (unpaired) electrons. The number of ether oxygens (including phenoxy) is 2. The quantitative estimate of drug-likeness (QED) is 0.394. The van der Waals surface area contributed by atoms with E-state index in [1.807, 2.05) is 42.5 Å². The molecule has 1 aliphatic rings. The Morgan fingerprint density at radius 3 is 2.74 bits per heavy atom. The van der Waals surface area contributed by atoms with Crippen LogP contribution in [0.2, 0.25) is 5.02 Å². The van der Waals surface area contributed by atoms with Crippen LogP contribution < -0.4 is 15.0 Å². The number of carbonyl (C=O) groups excluding carboxylic acids is 1. The zero-order valence-electron chi connectivity index (χ0n) is 18.4. The van der Waals surface area contributed by atoms with Gasteiger partial charge < -0.3 is 19.7 Å². The fourth-order valence-corrected chi connectivity index (χ4v) is 3.72. The second-order valence-electron chi connectivity index (χ2n) is 7.53. The maximum atomic E-state index is 13.0. The first-order valence-electron chi connectivity index (χ1n) is 10.8. The second-order valence-corrected chi connectivity index (χ2v) is 7.97. The molecule has 1 aromatic heterocycles. The van der Waals surface area contributed by atoms with Gasteiger partial charge in [-0.1, -0.05) is 35.9 Å². The van der Waals surface area contributed by atoms with Crippen LogP contribution in [0.3, 0.4) is 0 Å². The third-order valence-corrected chi connectivity index (χ3v) is 5.48. The molecule has 3 aromatic rings. The van der Waals surface area contributed by atoms with Gasteiger partial charge in [-0.15, -0.1) is 0 Å². The number of benzene rings is 2. The smallest absolute Gasteiger partial charge is 0.266 e. The summed E-state index contributed by atoms with van der Waals surface area (Å²) in [5.74, 6) is 0.0178. The molecule has 34 heavy (non-hydrogen) atoms. The van der Waals surface area contributed by atoms with Crippen molar-refractivity contribution in [3.05, 3.63) is 88.7 Å². The number of carbonyl (C=O) groups is 1. The summed E-state index contributed by atoms with van der Waals surface area (Å²) in [7, 11) is 0. The van der Waals surface area contributed by atoms with Gasteiger partial charge in [-0.3, -0.25) is 9.78 Å². The normalized spacial score (nSPS) is 13.8. The first kappa shape index (κ1) is 23.3. The highest BCUT2D eigenvalue weighted by molar-refractivity contribution is 6.31. The summed E-state index contributed by atoms with van der Waals surface area (Å²) >= 11 is 6.19. The van der Waals surface area contributed by atoms with E-state index in [1.54, 1.807) is 30.5 Å². The van der Waals surface area contributed by atoms with Gasteiger partial charge >= 0.3 is 0 Å². The van der Waals surface area contributed by atoms with Gasteiger partial charge in [-0.2, -0.15) is 5.26 Å². The molecule has 1 saturated heterocycles. The average molecular weight is 475 g/mol. The first-order valence-corrected chi connectivity index (χ1v) is 11.2. The first-order chi connectivity index (χ1) is 16.6. The van der Waals surface area contributed by atoms with Crippen LogP contribution in [-0.4, -0.2) is 37.2 Å². The van der Waals surface area contributed by atoms with Crippen molar-refractivity contribution in [2.75, 3.05) is 36.5 Å². The maximum absolute atomic E-state index is 13.0. The number of para-hydroxylation sites is 1. The van der Waals surface area contributed by atoms with E-state index < -0.39 is 5.91 Å². The predicted octanol–water partition coefficient (Wildman–Crippen LogP) is 4.70. The molecule has 2 heterocycles. The molecule has 1 fully saturated rings. The van der Waals surface area contributed by atoms with Crippen molar-refractivity contribution < 1.29 is 14.3 Å². The summed E-state index contributed by atoms with van der Waals surface area (Å²) in [5, 5.41) is 13.1. The Bertz CT molecular complexity index is 1220. The zero-order chi connectivity index (χ0) is 23.8. The summed E-state index contributed by atoms with van der Waals surface area (Å²) in [6.45, 7) is 2.88. The lowest BCUT2D eigenvalue weighted by Gasteiger charge is -2.30. The third-order valence-electron chi connectivity index (χ3n) is 5.24. The van der Waals surface area contributed by atoms with Crippen LogP contribution in [0.15, 0.2) is 72.4 Å². The minimum atomic E-state index is -0.529. The number of anilines is 2. The topological polar surface area (TPSA) is 87.5 Å². The van der Waals surface area contributed by atoms with Gasteiger partial charge in [0.15, 0.2) is 0 Å². The van der Waals surface area contributed by atoms with Crippen LogP contribution in [0.1, 0.15) is 11.3 Å². The van der Waals surface area contributed by atoms with Gasteiger partial charge in [0.25, 0.3) is 5.91 Å². The number of nitriles is 1. The van der Waals surface area contributed by atoms with Crippen molar-refractivity contribution in [2.24, 2.45) is 0 Å². The lowest BCUT2D eigenvalue weighted by molar-refractivity contribution is -0.112. The molecule has 1 aliphatic heterocycles. The van der Waals surface area contributed by atoms with Crippen molar-refractivity contribution in [3.63, 3.8) is 0 Å². The lowest BCUT2D eigenvalue weighted by Crippen LogP contribution is -2.36. The minimum absolute atomic E-state index is 0.0539. The van der Waals surface area contributed by atoms with Gasteiger partial charge in [0, 0.05) is 29.9 Å². The number of amides is 1. The molecule has 8 heteroatoms. The van der Waals surface area contributed by atoms with Crippen LogP contribution in [0.25, 0.3) is 6.08 Å². The number of aromatic nitrogens is 1. The number of nitrogens with one attached hydrogen (secondary N) is 1. The third kappa shape index (κ3) is 5.93. The average Bonchev–Trinajstić information content (AvgIpc) is 2.87. The van der Waals surface area contributed by atoms with E-state index in [2.05, 4.69) is 15.2 Å². The maximum Gasteiger partial charge on any atom is 0.266 e. The highest BCUT2D eigenvalue weighted by Gasteiger charge is 2.18. The SMILES string of the molecule is N#C/C(=C\c1ccccc1OCc1ccccn1)C(=O)Nc1cc(Cl)ccc1N1CCOCC1. The second kappa shape index (κ2) is 11.3. The molecule has 0 saturated carbocycles. The van der Waals surface area contributed by atoms with Crippen molar-refractivity contribution in [1.82, 2.24) is 4.98 Å². The lowest BCUT2D eigenvalue weighted by atomic mass is 10.1. The molecule has 0 aliphatic carbocycles. The van der Waals surface area contributed by atoms with Crippen LogP contribution >= 0.6 is 11.6 Å². The molecule has 0 atom stereocenters. The van der Waals surface area contributed by atoms with E-state index >= 15 is 0 Å². The molecule has 1 N–H and O–H groups in total. The Morgan fingerprint density at radius 1 is 1.18 bits per heavy atom. The number of hydrogen-bond acceptors (Lipinski definition) is 6. The number of nitrogens with zero attached hydrogens (tertiary/aromatic N) is 3. The van der Waals surface area contributed by atoms with E-state index in [0.29, 0.717) is 48.3 Å². The summed E-state index contributed by atoms with van der Waals surface area (Å²) in [6.07, 6.45) is 3.21. The number of rotatable bonds is 7. The Hall–Kier alpha value is -3.86. The van der Waals surface area contributed by atoms with E-state index in [4.69, 9.17) is 21.1 Å². The molecule has 7 nitrogen and oxygen atoms in total. The summed E-state index contributed by atoms with van der Waals surface area (Å²) < 4.78 is 11.3. The van der Waals surface area contributed by atoms with Crippen LogP contribution in [0.5, 0.6) is 5.75 Å². The Morgan fingerprint density at radius 2 is 1.97 bits per heavy atom. The number of hydrogen-bond donors (Lipinski definition) is 1. The highest BCUT2D eigenvalue weighted by Crippen LogP contribution is 2.30. The van der Waals surface area contributed by atoms with Crippen molar-refractivity contribution in [2.45, 2.75) is 6.61 Å². The van der Waals surface area contributed by atoms with Crippen molar-refractivity contribution >= 4 is 35.0 Å². The number of morpholine rings is 1. The van der Waals surface area contributed by atoms with Crippen LogP contribution in [0.4, 0.5) is 11.4 Å². The van der Waals surface area contributed by atoms with Gasteiger partial charge in [0.1, 0.15) is 24.0 Å². The molecular formula is C26H23ClN4O3. The molecule has 2 aromatic carbocycles. The van der Waals surface area contributed by atoms with Gasteiger partial charge in [-0.25, -0.2) is 0 Å². The largest absolute Gasteiger partial charge is 0.487 e. The van der Waals surface area contributed by atoms with E-state index in [1.165, 1.54) is 6.08 Å². The van der Waals surface area contributed by atoms with E-state index in [0.717, 1.165) is 11.4 Å². The summed E-state index contributed by atoms with van der Waals surface area (Å²) in [5.41, 5.74) is 2.71. The van der Waals surface area contributed by atoms with Crippen LogP contribution in [0, 0.1) is 11.3 Å². The molecule has 4 rings (SSSR count). The Kier molecular flexibility index (Phi) is 7.76. The van der Waals surface area contributed by atoms with Gasteiger partial charge in [-0.05, 0) is 42.5 Å². The monoisotopic (exact) mass is 474 g/mol. The Labute approximate surface area is 203 Å². The standard InChI is InChI=1S/C26H23ClN4O3/c27-21-8-9-24(31-11-13-33-14-12-31)23(16-21)30-26(32)20(17-28)15-19-5-1-2-7-25(19)34-18-22-6-3-4-10-29-22/h1-10,15-16H,11-14,18H2,(H,30,32)/b20-15+. The number of pyridine rings is 1. The van der Waals surface area contributed by atoms with Crippen LogP contribution in [-0.2, 0) is 16.1 Å². The summed E-state index contributed by atoms with van der Waals surface area (Å²) in [6, 6.07) is 20.1. The van der Waals surface area contributed by atoms with E-state index in [9.17, 15) is 10.1 Å². The van der Waals surface area contributed by atoms with E-state index in [-0.39, 0.29) is 12.2 Å². The summed E-state index contributed by atoms with van der Waals surface area (Å²) in [4.78, 5) is 19.4. The fourth-order valence-electron chi connectivity index (χ4n) is 3.55.